The number of amides is 2. The van der Waals surface area contributed by atoms with Crippen molar-refractivity contribution in [3.63, 3.8) is 0 Å². The summed E-state index contributed by atoms with van der Waals surface area (Å²) in [5.41, 5.74) is 4.45. The number of carbonyl (C=O) groups is 3. The van der Waals surface area contributed by atoms with E-state index in [9.17, 15) is 14.4 Å². The number of fused-ring (bicyclic) bond motifs is 3. The normalized spacial score (nSPS) is 12.8. The molecule has 3 rings (SSSR count). The van der Waals surface area contributed by atoms with Crippen molar-refractivity contribution >= 4 is 18.0 Å². The topological polar surface area (TPSA) is 76.2 Å². The smallest absolute Gasteiger partial charge is 0.410 e. The maximum atomic E-state index is 12.9. The molecule has 0 aliphatic heterocycles. The van der Waals surface area contributed by atoms with Crippen LogP contribution < -0.4 is 0 Å². The summed E-state index contributed by atoms with van der Waals surface area (Å²) in [5.74, 6) is -1.08. The molecule has 0 unspecified atom stereocenters. The van der Waals surface area contributed by atoms with Crippen molar-refractivity contribution in [3.8, 4) is 11.1 Å². The van der Waals surface area contributed by atoms with E-state index >= 15 is 0 Å². The quantitative estimate of drug-likeness (QED) is 0.468. The third-order valence-electron chi connectivity index (χ3n) is 5.54. The van der Waals surface area contributed by atoms with Crippen LogP contribution in [-0.2, 0) is 19.1 Å². The number of esters is 1. The Labute approximate surface area is 188 Å². The minimum absolute atomic E-state index is 0.0381. The van der Waals surface area contributed by atoms with Crippen LogP contribution in [0.1, 0.15) is 23.5 Å². The van der Waals surface area contributed by atoms with Gasteiger partial charge in [-0.05, 0) is 22.3 Å². The first-order chi connectivity index (χ1) is 15.3. The molecular weight excluding hydrogens is 408 g/mol. The molecule has 0 aromatic heterocycles. The highest BCUT2D eigenvalue weighted by atomic mass is 16.6. The Kier molecular flexibility index (Phi) is 7.30. The molecule has 1 aliphatic rings. The molecule has 2 aromatic rings. The fourth-order valence-corrected chi connectivity index (χ4v) is 3.88. The van der Waals surface area contributed by atoms with Crippen LogP contribution in [0.3, 0.4) is 0 Å². The van der Waals surface area contributed by atoms with Crippen LogP contribution in [0.25, 0.3) is 11.1 Å². The van der Waals surface area contributed by atoms with E-state index in [4.69, 9.17) is 9.47 Å². The van der Waals surface area contributed by atoms with Crippen molar-refractivity contribution in [2.24, 2.45) is 0 Å². The summed E-state index contributed by atoms with van der Waals surface area (Å²) in [7, 11) is 4.58. The molecule has 0 fully saturated rings. The number of rotatable bonds is 8. The number of benzene rings is 2. The van der Waals surface area contributed by atoms with E-state index in [1.165, 1.54) is 18.0 Å². The average Bonchev–Trinajstić information content (AvgIpc) is 3.12. The molecule has 2 amide bonds. The van der Waals surface area contributed by atoms with E-state index in [0.717, 1.165) is 27.2 Å². The maximum Gasteiger partial charge on any atom is 0.410 e. The molecule has 0 bridgehead atoms. The van der Waals surface area contributed by atoms with Gasteiger partial charge >= 0.3 is 12.1 Å². The summed E-state index contributed by atoms with van der Waals surface area (Å²) >= 11 is 0. The van der Waals surface area contributed by atoms with E-state index in [1.54, 1.807) is 14.1 Å². The van der Waals surface area contributed by atoms with Crippen LogP contribution in [0.4, 0.5) is 4.79 Å². The average molecular weight is 437 g/mol. The van der Waals surface area contributed by atoms with E-state index in [2.05, 4.69) is 18.7 Å². The minimum Gasteiger partial charge on any atom is -0.461 e. The van der Waals surface area contributed by atoms with Crippen molar-refractivity contribution in [3.05, 3.63) is 72.3 Å². The number of ether oxygens (including phenoxy) is 2. The number of hydrogen-bond donors (Lipinski definition) is 0. The van der Waals surface area contributed by atoms with Crippen molar-refractivity contribution < 1.29 is 23.9 Å². The van der Waals surface area contributed by atoms with Gasteiger partial charge in [0.1, 0.15) is 19.3 Å². The second-order valence-electron chi connectivity index (χ2n) is 7.84. The van der Waals surface area contributed by atoms with Crippen LogP contribution in [-0.4, -0.2) is 68.2 Å². The predicted molar refractivity (Wildman–Crippen MR) is 121 cm³/mol. The molecule has 0 spiro atoms. The summed E-state index contributed by atoms with van der Waals surface area (Å²) in [6, 6.07) is 15.1. The molecule has 0 saturated carbocycles. The maximum absolute atomic E-state index is 12.9. The summed E-state index contributed by atoms with van der Waals surface area (Å²) in [5, 5.41) is 0. The van der Waals surface area contributed by atoms with Crippen LogP contribution in [0.2, 0.25) is 0 Å². The second kappa shape index (κ2) is 10.1. The molecule has 32 heavy (non-hydrogen) atoms. The van der Waals surface area contributed by atoms with Crippen molar-refractivity contribution in [2.45, 2.75) is 18.4 Å². The number of hydrogen-bond acceptors (Lipinski definition) is 5. The van der Waals surface area contributed by atoms with Crippen LogP contribution >= 0.6 is 0 Å². The third kappa shape index (κ3) is 4.82. The van der Waals surface area contributed by atoms with Crippen molar-refractivity contribution in [2.75, 3.05) is 34.4 Å². The van der Waals surface area contributed by atoms with Gasteiger partial charge in [-0.25, -0.2) is 4.79 Å². The van der Waals surface area contributed by atoms with Gasteiger partial charge in [0, 0.05) is 27.1 Å². The Bertz CT molecular complexity index is 971. The van der Waals surface area contributed by atoms with Gasteiger partial charge in [0.05, 0.1) is 6.42 Å². The molecule has 0 radical (unpaired) electrons. The van der Waals surface area contributed by atoms with E-state index in [1.807, 2.05) is 36.4 Å². The lowest BCUT2D eigenvalue weighted by Gasteiger charge is -2.28. The number of carbonyl (C=O) groups excluding carboxylic acids is 3. The summed E-state index contributed by atoms with van der Waals surface area (Å²) in [6.07, 6.45) is 0.491. The first-order valence-electron chi connectivity index (χ1n) is 10.4. The molecule has 7 heteroatoms. The van der Waals surface area contributed by atoms with Crippen molar-refractivity contribution in [1.82, 2.24) is 9.80 Å². The zero-order valence-electron chi connectivity index (χ0n) is 18.6. The molecule has 0 saturated heterocycles. The Balaban J connectivity index is 1.73. The van der Waals surface area contributed by atoms with Crippen LogP contribution in [0, 0.1) is 0 Å². The van der Waals surface area contributed by atoms with E-state index < -0.39 is 24.0 Å². The number of likely N-dealkylation sites (N-methyl/N-ethyl adjacent to an activating group) is 2. The highest BCUT2D eigenvalue weighted by molar-refractivity contribution is 5.89. The van der Waals surface area contributed by atoms with Crippen LogP contribution in [0.15, 0.2) is 61.2 Å². The summed E-state index contributed by atoms with van der Waals surface area (Å²) in [6.45, 7) is 3.66. The van der Waals surface area contributed by atoms with Gasteiger partial charge < -0.3 is 14.4 Å². The van der Waals surface area contributed by atoms with Crippen LogP contribution in [0.5, 0.6) is 0 Å². The van der Waals surface area contributed by atoms with E-state index in [-0.39, 0.29) is 25.6 Å². The lowest BCUT2D eigenvalue weighted by atomic mass is 9.98. The number of nitrogens with zero attached hydrogens (tertiary/aromatic N) is 2. The fraction of sp³-hybridized carbons (Fsp3) is 0.320. The Morgan fingerprint density at radius 3 is 2.06 bits per heavy atom. The first-order valence-corrected chi connectivity index (χ1v) is 10.4. The molecule has 1 atom stereocenters. The fourth-order valence-electron chi connectivity index (χ4n) is 3.88. The van der Waals surface area contributed by atoms with Gasteiger partial charge in [0.2, 0.25) is 5.91 Å². The lowest BCUT2D eigenvalue weighted by Crippen LogP contribution is -2.48. The monoisotopic (exact) mass is 436 g/mol. The highest BCUT2D eigenvalue weighted by Gasteiger charge is 2.34. The van der Waals surface area contributed by atoms with Gasteiger partial charge in [-0.2, -0.15) is 0 Å². The lowest BCUT2D eigenvalue weighted by molar-refractivity contribution is -0.147. The SMILES string of the molecule is C=CCOC(=O)C[C@H](C(=O)N(C)C)N(C)C(=O)OCC1c2ccccc2-c2ccccc21. The molecular formula is C25H28N2O5. The molecule has 0 heterocycles. The molecule has 1 aliphatic carbocycles. The van der Waals surface area contributed by atoms with Gasteiger partial charge in [-0.15, -0.1) is 0 Å². The third-order valence-corrected chi connectivity index (χ3v) is 5.54. The molecule has 7 nitrogen and oxygen atoms in total. The zero-order valence-corrected chi connectivity index (χ0v) is 18.6. The zero-order chi connectivity index (χ0) is 23.3. The molecule has 2 aromatic carbocycles. The van der Waals surface area contributed by atoms with Gasteiger partial charge in [-0.3, -0.25) is 14.5 Å². The Hall–Kier alpha value is -3.61. The predicted octanol–water partition coefficient (Wildman–Crippen LogP) is 3.44. The van der Waals surface area contributed by atoms with E-state index in [0.29, 0.717) is 0 Å². The summed E-state index contributed by atoms with van der Waals surface area (Å²) in [4.78, 5) is 40.1. The van der Waals surface area contributed by atoms with Crippen molar-refractivity contribution in [1.29, 1.82) is 0 Å². The molecule has 168 valence electrons. The minimum atomic E-state index is -1.03. The Morgan fingerprint density at radius 2 is 1.53 bits per heavy atom. The van der Waals surface area contributed by atoms with Gasteiger partial charge in [0.15, 0.2) is 0 Å². The summed E-state index contributed by atoms with van der Waals surface area (Å²) < 4.78 is 10.6. The standard InChI is InChI=1S/C25H28N2O5/c1-5-14-31-23(28)15-22(24(29)26(2)3)27(4)25(30)32-16-21-19-12-8-6-10-17(19)18-11-7-9-13-20(18)21/h5-13,21-22H,1,14-16H2,2-4H3/t22-/m1/s1. The Morgan fingerprint density at radius 1 is 0.969 bits per heavy atom. The van der Waals surface area contributed by atoms with Gasteiger partial charge in [-0.1, -0.05) is 61.2 Å². The second-order valence-corrected chi connectivity index (χ2v) is 7.84. The first kappa shape index (κ1) is 23.1. The molecule has 0 N–H and O–H groups in total. The largest absolute Gasteiger partial charge is 0.461 e. The van der Waals surface area contributed by atoms with Gasteiger partial charge in [0.25, 0.3) is 0 Å². The highest BCUT2D eigenvalue weighted by Crippen LogP contribution is 2.44.